The standard InChI is InChI=1S/C31H38N2O4/c1-22(2)19-32-31(35)28(18-25-10-7-6-8-11-25)33(20-26-12-9-13-27(17-26)36-5)30(34)21-37-29-15-14-23(3)16-24(29)4/h6-17,22,28H,18-21H2,1-5H3,(H,32,35). The van der Waals surface area contributed by atoms with E-state index in [-0.39, 0.29) is 30.9 Å². The maximum absolute atomic E-state index is 13.7. The van der Waals surface area contributed by atoms with Crippen LogP contribution in [0.2, 0.25) is 0 Å². The van der Waals surface area contributed by atoms with Gasteiger partial charge in [-0.3, -0.25) is 9.59 Å². The molecule has 0 aliphatic heterocycles. The molecule has 0 radical (unpaired) electrons. The van der Waals surface area contributed by atoms with Crippen LogP contribution in [0.3, 0.4) is 0 Å². The third kappa shape index (κ3) is 8.38. The zero-order chi connectivity index (χ0) is 26.8. The topological polar surface area (TPSA) is 67.9 Å². The van der Waals surface area contributed by atoms with Gasteiger partial charge in [-0.15, -0.1) is 0 Å². The molecule has 6 nitrogen and oxygen atoms in total. The molecule has 0 heterocycles. The first-order valence-electron chi connectivity index (χ1n) is 12.7. The van der Waals surface area contributed by atoms with Gasteiger partial charge in [0.1, 0.15) is 17.5 Å². The van der Waals surface area contributed by atoms with Crippen LogP contribution in [-0.2, 0) is 22.6 Å². The van der Waals surface area contributed by atoms with Crippen LogP contribution in [0.5, 0.6) is 11.5 Å². The summed E-state index contributed by atoms with van der Waals surface area (Å²) in [7, 11) is 1.61. The van der Waals surface area contributed by atoms with E-state index in [9.17, 15) is 9.59 Å². The lowest BCUT2D eigenvalue weighted by Gasteiger charge is -2.32. The second kappa shape index (κ2) is 13.5. The summed E-state index contributed by atoms with van der Waals surface area (Å²) in [5.41, 5.74) is 3.93. The van der Waals surface area contributed by atoms with Crippen molar-refractivity contribution in [2.75, 3.05) is 20.3 Å². The molecule has 0 aliphatic carbocycles. The number of nitrogens with one attached hydrogen (secondary N) is 1. The molecular formula is C31H38N2O4. The summed E-state index contributed by atoms with van der Waals surface area (Å²) < 4.78 is 11.3. The number of ether oxygens (including phenoxy) is 2. The van der Waals surface area contributed by atoms with Gasteiger partial charge >= 0.3 is 0 Å². The number of hydrogen-bond acceptors (Lipinski definition) is 4. The molecule has 2 amide bonds. The van der Waals surface area contributed by atoms with Gasteiger partial charge in [0.2, 0.25) is 5.91 Å². The highest BCUT2D eigenvalue weighted by Gasteiger charge is 2.31. The number of amides is 2. The maximum Gasteiger partial charge on any atom is 0.261 e. The molecule has 37 heavy (non-hydrogen) atoms. The number of rotatable bonds is 12. The molecule has 1 unspecified atom stereocenters. The van der Waals surface area contributed by atoms with Crippen LogP contribution < -0.4 is 14.8 Å². The highest BCUT2D eigenvalue weighted by atomic mass is 16.5. The van der Waals surface area contributed by atoms with Gasteiger partial charge in [-0.05, 0) is 54.7 Å². The van der Waals surface area contributed by atoms with Crippen molar-refractivity contribution in [2.24, 2.45) is 5.92 Å². The van der Waals surface area contributed by atoms with E-state index in [0.717, 1.165) is 22.3 Å². The van der Waals surface area contributed by atoms with Crippen molar-refractivity contribution in [3.63, 3.8) is 0 Å². The van der Waals surface area contributed by atoms with Crippen molar-refractivity contribution >= 4 is 11.8 Å². The summed E-state index contributed by atoms with van der Waals surface area (Å²) in [5, 5.41) is 3.04. The Morgan fingerprint density at radius 1 is 0.919 bits per heavy atom. The summed E-state index contributed by atoms with van der Waals surface area (Å²) in [6, 6.07) is 22.5. The number of benzene rings is 3. The van der Waals surface area contributed by atoms with Gasteiger partial charge in [-0.2, -0.15) is 0 Å². The molecule has 1 atom stereocenters. The van der Waals surface area contributed by atoms with Crippen LogP contribution in [0.15, 0.2) is 72.8 Å². The fourth-order valence-corrected chi connectivity index (χ4v) is 4.13. The molecule has 1 N–H and O–H groups in total. The smallest absolute Gasteiger partial charge is 0.261 e. The van der Waals surface area contributed by atoms with Gasteiger partial charge in [-0.1, -0.05) is 74.0 Å². The number of carbonyl (C=O) groups excluding carboxylic acids is 2. The minimum atomic E-state index is -0.706. The second-order valence-corrected chi connectivity index (χ2v) is 9.78. The molecule has 0 fully saturated rings. The summed E-state index contributed by atoms with van der Waals surface area (Å²) in [6.45, 7) is 8.67. The molecule has 3 rings (SSSR count). The van der Waals surface area contributed by atoms with E-state index in [1.165, 1.54) is 0 Å². The summed E-state index contributed by atoms with van der Waals surface area (Å²) in [5.74, 6) is 1.20. The van der Waals surface area contributed by atoms with Crippen molar-refractivity contribution in [3.8, 4) is 11.5 Å². The van der Waals surface area contributed by atoms with Gasteiger partial charge in [0.25, 0.3) is 5.91 Å². The lowest BCUT2D eigenvalue weighted by Crippen LogP contribution is -2.52. The zero-order valence-corrected chi connectivity index (χ0v) is 22.5. The molecule has 196 valence electrons. The molecule has 0 saturated heterocycles. The number of nitrogens with zero attached hydrogens (tertiary/aromatic N) is 1. The van der Waals surface area contributed by atoms with Crippen LogP contribution in [0.1, 0.15) is 36.1 Å². The van der Waals surface area contributed by atoms with Crippen LogP contribution >= 0.6 is 0 Å². The molecule has 0 aromatic heterocycles. The van der Waals surface area contributed by atoms with Crippen LogP contribution in [0.25, 0.3) is 0 Å². The van der Waals surface area contributed by atoms with Gasteiger partial charge in [0.05, 0.1) is 7.11 Å². The van der Waals surface area contributed by atoms with Gasteiger partial charge < -0.3 is 19.7 Å². The van der Waals surface area contributed by atoms with Gasteiger partial charge in [0.15, 0.2) is 6.61 Å². The lowest BCUT2D eigenvalue weighted by atomic mass is 10.0. The fourth-order valence-electron chi connectivity index (χ4n) is 4.13. The van der Waals surface area contributed by atoms with E-state index < -0.39 is 6.04 Å². The van der Waals surface area contributed by atoms with E-state index in [1.807, 2.05) is 100 Å². The Morgan fingerprint density at radius 2 is 1.65 bits per heavy atom. The SMILES string of the molecule is COc1cccc(CN(C(=O)COc2ccc(C)cc2C)C(Cc2ccccc2)C(=O)NCC(C)C)c1. The molecule has 3 aromatic rings. The first-order chi connectivity index (χ1) is 17.8. The largest absolute Gasteiger partial charge is 0.497 e. The molecule has 6 heteroatoms. The van der Waals surface area contributed by atoms with Gasteiger partial charge in [-0.25, -0.2) is 0 Å². The first kappa shape index (κ1) is 27.8. The highest BCUT2D eigenvalue weighted by Crippen LogP contribution is 2.21. The Morgan fingerprint density at radius 3 is 2.32 bits per heavy atom. The third-order valence-electron chi connectivity index (χ3n) is 6.12. The number of aryl methyl sites for hydroxylation is 2. The predicted octanol–water partition coefficient (Wildman–Crippen LogP) is 5.10. The fraction of sp³-hybridized carbons (Fsp3) is 0.355. The normalized spacial score (nSPS) is 11.6. The Bertz CT molecular complexity index is 1180. The average molecular weight is 503 g/mol. The summed E-state index contributed by atoms with van der Waals surface area (Å²) in [6.07, 6.45) is 0.393. The van der Waals surface area contributed by atoms with Crippen molar-refractivity contribution < 1.29 is 19.1 Å². The summed E-state index contributed by atoms with van der Waals surface area (Å²) in [4.78, 5) is 28.9. The van der Waals surface area contributed by atoms with Crippen LogP contribution in [0, 0.1) is 19.8 Å². The minimum absolute atomic E-state index is 0.170. The molecule has 0 aliphatic rings. The van der Waals surface area contributed by atoms with E-state index in [2.05, 4.69) is 5.32 Å². The maximum atomic E-state index is 13.7. The number of methoxy groups -OCH3 is 1. The lowest BCUT2D eigenvalue weighted by molar-refractivity contribution is -0.142. The van der Waals surface area contributed by atoms with Crippen molar-refractivity contribution in [1.82, 2.24) is 10.2 Å². The van der Waals surface area contributed by atoms with E-state index >= 15 is 0 Å². The monoisotopic (exact) mass is 502 g/mol. The first-order valence-corrected chi connectivity index (χ1v) is 12.7. The zero-order valence-electron chi connectivity index (χ0n) is 22.5. The Labute approximate surface area is 220 Å². The Hall–Kier alpha value is -3.80. The van der Waals surface area contributed by atoms with Crippen LogP contribution in [-0.4, -0.2) is 43.0 Å². The molecule has 0 saturated carbocycles. The molecule has 0 bridgehead atoms. The van der Waals surface area contributed by atoms with Crippen molar-refractivity contribution in [3.05, 3.63) is 95.1 Å². The molecular weight excluding hydrogens is 464 g/mol. The number of carbonyl (C=O) groups is 2. The van der Waals surface area contributed by atoms with E-state index in [1.54, 1.807) is 12.0 Å². The van der Waals surface area contributed by atoms with Gasteiger partial charge in [0, 0.05) is 19.5 Å². The quantitative estimate of drug-likeness (QED) is 0.374. The molecule has 0 spiro atoms. The van der Waals surface area contributed by atoms with Crippen molar-refractivity contribution in [2.45, 2.75) is 46.7 Å². The van der Waals surface area contributed by atoms with E-state index in [0.29, 0.717) is 24.5 Å². The van der Waals surface area contributed by atoms with E-state index in [4.69, 9.17) is 9.47 Å². The summed E-state index contributed by atoms with van der Waals surface area (Å²) >= 11 is 0. The average Bonchev–Trinajstić information content (AvgIpc) is 2.89. The minimum Gasteiger partial charge on any atom is -0.497 e. The predicted molar refractivity (Wildman–Crippen MR) is 147 cm³/mol. The Balaban J connectivity index is 1.92. The highest BCUT2D eigenvalue weighted by molar-refractivity contribution is 5.88. The van der Waals surface area contributed by atoms with Crippen LogP contribution in [0.4, 0.5) is 0 Å². The third-order valence-corrected chi connectivity index (χ3v) is 6.12. The molecule has 3 aromatic carbocycles. The Kier molecular flexibility index (Phi) is 10.1. The second-order valence-electron chi connectivity index (χ2n) is 9.78. The van der Waals surface area contributed by atoms with Crippen molar-refractivity contribution in [1.29, 1.82) is 0 Å². The number of hydrogen-bond donors (Lipinski definition) is 1.